The van der Waals surface area contributed by atoms with Crippen molar-refractivity contribution < 1.29 is 4.39 Å². The van der Waals surface area contributed by atoms with Crippen LogP contribution in [0.3, 0.4) is 0 Å². The molecule has 0 amide bonds. The van der Waals surface area contributed by atoms with Crippen LogP contribution in [0.5, 0.6) is 0 Å². The SMILES string of the molecule is CC1CCCC2(CSC(=NC(C)c3cccc(F)c3)N2)C1. The Morgan fingerprint density at radius 3 is 3.10 bits per heavy atom. The number of aliphatic imine (C=N–C) groups is 1. The fourth-order valence-corrected chi connectivity index (χ4v) is 4.77. The van der Waals surface area contributed by atoms with Crippen LogP contribution in [0.2, 0.25) is 0 Å². The number of nitrogens with one attached hydrogen (secondary N) is 1. The Kier molecular flexibility index (Phi) is 4.25. The Balaban J connectivity index is 1.70. The van der Waals surface area contributed by atoms with Crippen LogP contribution in [0.15, 0.2) is 29.3 Å². The van der Waals surface area contributed by atoms with E-state index in [9.17, 15) is 4.39 Å². The lowest BCUT2D eigenvalue weighted by Gasteiger charge is -2.36. The van der Waals surface area contributed by atoms with Crippen LogP contribution in [0, 0.1) is 11.7 Å². The normalized spacial score (nSPS) is 32.3. The number of benzene rings is 1. The molecule has 0 radical (unpaired) electrons. The third kappa shape index (κ3) is 3.42. The van der Waals surface area contributed by atoms with E-state index in [0.717, 1.165) is 22.4 Å². The molecule has 1 saturated heterocycles. The number of thioether (sulfide) groups is 1. The van der Waals surface area contributed by atoms with Crippen molar-refractivity contribution in [3.05, 3.63) is 35.6 Å². The van der Waals surface area contributed by atoms with Gasteiger partial charge in [-0.1, -0.05) is 43.7 Å². The monoisotopic (exact) mass is 306 g/mol. The lowest BCUT2D eigenvalue weighted by molar-refractivity contribution is 0.242. The minimum atomic E-state index is -0.191. The minimum absolute atomic E-state index is 0.00753. The van der Waals surface area contributed by atoms with Crippen LogP contribution in [0.1, 0.15) is 51.1 Å². The van der Waals surface area contributed by atoms with Crippen molar-refractivity contribution in [2.24, 2.45) is 10.9 Å². The molecule has 3 atom stereocenters. The molecule has 21 heavy (non-hydrogen) atoms. The van der Waals surface area contributed by atoms with Gasteiger partial charge in [-0.15, -0.1) is 0 Å². The van der Waals surface area contributed by atoms with Gasteiger partial charge in [0, 0.05) is 11.3 Å². The molecule has 4 heteroatoms. The number of hydrogen-bond donors (Lipinski definition) is 1. The molecule has 0 bridgehead atoms. The summed E-state index contributed by atoms with van der Waals surface area (Å²) in [6.07, 6.45) is 5.15. The Morgan fingerprint density at radius 1 is 1.48 bits per heavy atom. The third-order valence-corrected chi connectivity index (χ3v) is 5.77. The van der Waals surface area contributed by atoms with Crippen molar-refractivity contribution in [1.82, 2.24) is 5.32 Å². The molecule has 3 unspecified atom stereocenters. The van der Waals surface area contributed by atoms with Gasteiger partial charge < -0.3 is 5.32 Å². The maximum Gasteiger partial charge on any atom is 0.157 e. The van der Waals surface area contributed by atoms with E-state index in [0.29, 0.717) is 0 Å². The molecule has 1 saturated carbocycles. The van der Waals surface area contributed by atoms with Crippen LogP contribution >= 0.6 is 11.8 Å². The molecule has 114 valence electrons. The molecule has 1 heterocycles. The standard InChI is InChI=1S/C17H23FN2S/c1-12-5-4-8-17(10-12)11-21-16(20-17)19-13(2)14-6-3-7-15(18)9-14/h3,6-7,9,12-13H,4-5,8,10-11H2,1-2H3,(H,19,20). The number of rotatable bonds is 2. The first-order chi connectivity index (χ1) is 10.1. The molecular formula is C17H23FN2S. The zero-order chi connectivity index (χ0) is 14.9. The second-order valence-electron chi connectivity index (χ2n) is 6.56. The summed E-state index contributed by atoms with van der Waals surface area (Å²) in [5.41, 5.74) is 1.19. The van der Waals surface area contributed by atoms with E-state index in [1.54, 1.807) is 12.1 Å². The maximum absolute atomic E-state index is 13.3. The molecular weight excluding hydrogens is 283 g/mol. The highest BCUT2D eigenvalue weighted by molar-refractivity contribution is 8.14. The first-order valence-electron chi connectivity index (χ1n) is 7.81. The molecule has 2 fully saturated rings. The number of amidine groups is 1. The Morgan fingerprint density at radius 2 is 2.33 bits per heavy atom. The minimum Gasteiger partial charge on any atom is -0.359 e. The van der Waals surface area contributed by atoms with Crippen LogP contribution in [-0.4, -0.2) is 16.5 Å². The summed E-state index contributed by atoms with van der Waals surface area (Å²) in [5, 5.41) is 4.70. The summed E-state index contributed by atoms with van der Waals surface area (Å²) in [6, 6.07) is 6.74. The largest absolute Gasteiger partial charge is 0.359 e. The predicted molar refractivity (Wildman–Crippen MR) is 88.2 cm³/mol. The quantitative estimate of drug-likeness (QED) is 0.868. The van der Waals surface area contributed by atoms with Crippen molar-refractivity contribution in [3.63, 3.8) is 0 Å². The fourth-order valence-electron chi connectivity index (χ4n) is 3.50. The molecule has 1 aromatic carbocycles. The lowest BCUT2D eigenvalue weighted by Crippen LogP contribution is -2.47. The van der Waals surface area contributed by atoms with E-state index >= 15 is 0 Å². The molecule has 1 aromatic rings. The topological polar surface area (TPSA) is 24.4 Å². The van der Waals surface area contributed by atoms with Crippen LogP contribution in [0.25, 0.3) is 0 Å². The molecule has 1 aliphatic carbocycles. The highest BCUT2D eigenvalue weighted by Gasteiger charge is 2.40. The van der Waals surface area contributed by atoms with E-state index < -0.39 is 0 Å². The zero-order valence-corrected chi connectivity index (χ0v) is 13.5. The van der Waals surface area contributed by atoms with Gasteiger partial charge in [0.1, 0.15) is 5.82 Å². The van der Waals surface area contributed by atoms with E-state index in [1.165, 1.54) is 31.7 Å². The smallest absolute Gasteiger partial charge is 0.157 e. The van der Waals surface area contributed by atoms with Crippen molar-refractivity contribution in [3.8, 4) is 0 Å². The van der Waals surface area contributed by atoms with Crippen LogP contribution in [-0.2, 0) is 0 Å². The number of halogens is 1. The van der Waals surface area contributed by atoms with E-state index in [4.69, 9.17) is 4.99 Å². The summed E-state index contributed by atoms with van der Waals surface area (Å²) in [4.78, 5) is 4.76. The van der Waals surface area contributed by atoms with Gasteiger partial charge in [-0.25, -0.2) is 4.39 Å². The third-order valence-electron chi connectivity index (χ3n) is 4.59. The fraction of sp³-hybridized carbons (Fsp3) is 0.588. The Hall–Kier alpha value is -1.03. The second-order valence-corrected chi connectivity index (χ2v) is 7.52. The summed E-state index contributed by atoms with van der Waals surface area (Å²) in [6.45, 7) is 4.37. The molecule has 1 N–H and O–H groups in total. The van der Waals surface area contributed by atoms with Gasteiger partial charge in [0.25, 0.3) is 0 Å². The lowest BCUT2D eigenvalue weighted by atomic mass is 9.78. The number of nitrogens with zero attached hydrogens (tertiary/aromatic N) is 1. The highest BCUT2D eigenvalue weighted by atomic mass is 32.2. The molecule has 1 spiro atoms. The second kappa shape index (κ2) is 5.99. The average Bonchev–Trinajstić information content (AvgIpc) is 2.81. The highest BCUT2D eigenvalue weighted by Crippen LogP contribution is 2.39. The summed E-state index contributed by atoms with van der Waals surface area (Å²) < 4.78 is 13.3. The van der Waals surface area contributed by atoms with Crippen molar-refractivity contribution >= 4 is 16.9 Å². The zero-order valence-electron chi connectivity index (χ0n) is 12.7. The molecule has 0 aromatic heterocycles. The van der Waals surface area contributed by atoms with Crippen molar-refractivity contribution in [2.75, 3.05) is 5.75 Å². The molecule has 2 nitrogen and oxygen atoms in total. The first-order valence-corrected chi connectivity index (χ1v) is 8.79. The Bertz CT molecular complexity index is 545. The van der Waals surface area contributed by atoms with Gasteiger partial charge in [-0.3, -0.25) is 4.99 Å². The number of hydrogen-bond acceptors (Lipinski definition) is 2. The van der Waals surface area contributed by atoms with Gasteiger partial charge in [0.15, 0.2) is 5.17 Å². The maximum atomic E-state index is 13.3. The van der Waals surface area contributed by atoms with Gasteiger partial charge in [0.05, 0.1) is 6.04 Å². The summed E-state index contributed by atoms with van der Waals surface area (Å²) in [5.74, 6) is 1.72. The van der Waals surface area contributed by atoms with Gasteiger partial charge >= 0.3 is 0 Å². The van der Waals surface area contributed by atoms with Gasteiger partial charge in [0.2, 0.25) is 0 Å². The van der Waals surface area contributed by atoms with Gasteiger partial charge in [-0.05, 0) is 43.4 Å². The molecule has 3 rings (SSSR count). The molecule has 2 aliphatic rings. The van der Waals surface area contributed by atoms with Crippen LogP contribution < -0.4 is 5.32 Å². The first kappa shape index (κ1) is 14.9. The molecule has 1 aliphatic heterocycles. The summed E-state index contributed by atoms with van der Waals surface area (Å²) in [7, 11) is 0. The van der Waals surface area contributed by atoms with Gasteiger partial charge in [-0.2, -0.15) is 0 Å². The van der Waals surface area contributed by atoms with E-state index in [1.807, 2.05) is 24.8 Å². The predicted octanol–water partition coefficient (Wildman–Crippen LogP) is 4.53. The summed E-state index contributed by atoms with van der Waals surface area (Å²) >= 11 is 1.82. The van der Waals surface area contributed by atoms with Crippen LogP contribution in [0.4, 0.5) is 4.39 Å². The Labute approximate surface area is 130 Å². The van der Waals surface area contributed by atoms with Crippen molar-refractivity contribution in [2.45, 2.75) is 51.1 Å². The van der Waals surface area contributed by atoms with E-state index in [-0.39, 0.29) is 17.4 Å². The van der Waals surface area contributed by atoms with Crippen molar-refractivity contribution in [1.29, 1.82) is 0 Å². The average molecular weight is 306 g/mol. The van der Waals surface area contributed by atoms with E-state index in [2.05, 4.69) is 12.2 Å².